The number of fused-ring (bicyclic) bond motifs is 1. The number of Topliss-reactive ketones (excluding diaryl/α,β-unsaturated/α-hetero) is 1. The molecule has 1 aromatic heterocycles. The van der Waals surface area contributed by atoms with Crippen molar-refractivity contribution < 1.29 is 18.7 Å². The van der Waals surface area contributed by atoms with Crippen molar-refractivity contribution in [3.8, 4) is 5.75 Å². The average Bonchev–Trinajstić information content (AvgIpc) is 3.29. The molecule has 1 unspecified atom stereocenters. The molecule has 2 aromatic carbocycles. The highest BCUT2D eigenvalue weighted by molar-refractivity contribution is 7.98. The van der Waals surface area contributed by atoms with Crippen LogP contribution in [-0.2, 0) is 15.3 Å². The number of nitrogens with one attached hydrogen (secondary N) is 1. The first-order valence-corrected chi connectivity index (χ1v) is 13.1. The molecule has 0 saturated carbocycles. The summed E-state index contributed by atoms with van der Waals surface area (Å²) in [6.45, 7) is 8.45. The summed E-state index contributed by atoms with van der Waals surface area (Å²) in [5.41, 5.74) is 2.67. The normalized spacial score (nSPS) is 14.7. The minimum absolute atomic E-state index is 0.0398. The van der Waals surface area contributed by atoms with E-state index < -0.39 is 6.04 Å². The largest absolute Gasteiger partial charge is 0.484 e. The van der Waals surface area contributed by atoms with Gasteiger partial charge in [-0.05, 0) is 57.0 Å². The number of likely N-dealkylation sites (N-methyl/N-ethyl adjacent to an activating group) is 1. The number of ketones is 1. The smallest absolute Gasteiger partial charge is 0.260 e. The summed E-state index contributed by atoms with van der Waals surface area (Å²) in [7, 11) is 0. The van der Waals surface area contributed by atoms with Crippen LogP contribution in [0.15, 0.2) is 65.0 Å². The molecule has 37 heavy (non-hydrogen) atoms. The van der Waals surface area contributed by atoms with Crippen molar-refractivity contribution >= 4 is 29.4 Å². The molecule has 1 aliphatic rings. The highest BCUT2D eigenvalue weighted by atomic mass is 32.2. The van der Waals surface area contributed by atoms with Gasteiger partial charge in [-0.25, -0.2) is 9.07 Å². The number of carbonyl (C=O) groups excluding carboxylic acids is 2. The fourth-order valence-electron chi connectivity index (χ4n) is 4.27. The fourth-order valence-corrected chi connectivity index (χ4v) is 5.09. The number of hydrogen-bond acceptors (Lipinski definition) is 7. The van der Waals surface area contributed by atoms with Gasteiger partial charge < -0.3 is 15.0 Å². The van der Waals surface area contributed by atoms with E-state index in [1.54, 1.807) is 39.9 Å². The molecule has 0 aliphatic carbocycles. The molecular formula is C27H30FN5O3S. The molecule has 194 valence electrons. The van der Waals surface area contributed by atoms with Gasteiger partial charge in [0.1, 0.15) is 17.6 Å². The van der Waals surface area contributed by atoms with Crippen LogP contribution in [0.3, 0.4) is 0 Å². The highest BCUT2D eigenvalue weighted by Gasteiger charge is 2.32. The lowest BCUT2D eigenvalue weighted by molar-refractivity contribution is -0.133. The van der Waals surface area contributed by atoms with Gasteiger partial charge in [0.05, 0.1) is 0 Å². The Morgan fingerprint density at radius 1 is 1.14 bits per heavy atom. The Morgan fingerprint density at radius 2 is 1.84 bits per heavy atom. The van der Waals surface area contributed by atoms with Crippen LogP contribution in [0.25, 0.3) is 0 Å². The van der Waals surface area contributed by atoms with Crippen molar-refractivity contribution in [2.75, 3.05) is 25.0 Å². The first kappa shape index (κ1) is 26.4. The van der Waals surface area contributed by atoms with Crippen molar-refractivity contribution in [1.29, 1.82) is 0 Å². The van der Waals surface area contributed by atoms with Crippen molar-refractivity contribution in [2.24, 2.45) is 0 Å². The summed E-state index contributed by atoms with van der Waals surface area (Å²) in [6.07, 6.45) is 0. The number of rotatable bonds is 10. The molecule has 8 nitrogen and oxygen atoms in total. The van der Waals surface area contributed by atoms with Crippen LogP contribution in [0, 0.1) is 5.82 Å². The monoisotopic (exact) mass is 523 g/mol. The molecule has 1 atom stereocenters. The number of aromatic nitrogens is 3. The Kier molecular flexibility index (Phi) is 8.27. The molecule has 1 N–H and O–H groups in total. The van der Waals surface area contributed by atoms with E-state index in [4.69, 9.17) is 4.74 Å². The van der Waals surface area contributed by atoms with Gasteiger partial charge in [0.25, 0.3) is 5.91 Å². The van der Waals surface area contributed by atoms with E-state index in [2.05, 4.69) is 15.4 Å². The summed E-state index contributed by atoms with van der Waals surface area (Å²) in [5, 5.41) is 8.31. The van der Waals surface area contributed by atoms with Gasteiger partial charge in [0, 0.05) is 30.1 Å². The first-order valence-electron chi connectivity index (χ1n) is 12.1. The lowest BCUT2D eigenvalue weighted by Crippen LogP contribution is -2.34. The predicted octanol–water partition coefficient (Wildman–Crippen LogP) is 4.83. The number of anilines is 1. The van der Waals surface area contributed by atoms with Gasteiger partial charge in [-0.2, -0.15) is 4.98 Å². The van der Waals surface area contributed by atoms with Crippen molar-refractivity contribution in [3.05, 3.63) is 76.7 Å². The van der Waals surface area contributed by atoms with Gasteiger partial charge in [0.2, 0.25) is 11.1 Å². The van der Waals surface area contributed by atoms with E-state index in [-0.39, 0.29) is 24.1 Å². The maximum absolute atomic E-state index is 14.1. The Bertz CT molecular complexity index is 1320. The van der Waals surface area contributed by atoms with E-state index in [9.17, 15) is 14.0 Å². The number of amides is 1. The zero-order chi connectivity index (χ0) is 26.5. The summed E-state index contributed by atoms with van der Waals surface area (Å²) >= 11 is 1.32. The zero-order valence-electron chi connectivity index (χ0n) is 21.3. The lowest BCUT2D eigenvalue weighted by atomic mass is 9.93. The van der Waals surface area contributed by atoms with Crippen LogP contribution >= 0.6 is 11.8 Å². The molecule has 4 rings (SSSR count). The number of halogens is 1. The number of carbonyl (C=O) groups is 2. The molecule has 2 heterocycles. The minimum Gasteiger partial charge on any atom is -0.484 e. The zero-order valence-corrected chi connectivity index (χ0v) is 22.1. The summed E-state index contributed by atoms with van der Waals surface area (Å²) in [5.74, 6) is 1.02. The number of ether oxygens (including phenoxy) is 1. The fraction of sp³-hybridized carbons (Fsp3) is 0.333. The van der Waals surface area contributed by atoms with E-state index in [1.807, 2.05) is 32.9 Å². The Labute approximate surface area is 219 Å². The third-order valence-corrected chi connectivity index (χ3v) is 7.09. The van der Waals surface area contributed by atoms with Crippen LogP contribution in [0.1, 0.15) is 44.9 Å². The molecule has 3 aromatic rings. The van der Waals surface area contributed by atoms with Crippen LogP contribution < -0.4 is 10.1 Å². The molecule has 0 bridgehead atoms. The molecule has 0 spiro atoms. The molecule has 0 saturated heterocycles. The topological polar surface area (TPSA) is 89.3 Å². The third kappa shape index (κ3) is 5.85. The minimum atomic E-state index is -0.490. The second-order valence-corrected chi connectivity index (χ2v) is 9.53. The molecular weight excluding hydrogens is 493 g/mol. The molecule has 1 aliphatic heterocycles. The number of allylic oxidation sites excluding steroid dienone is 2. The van der Waals surface area contributed by atoms with E-state index in [0.29, 0.717) is 52.5 Å². The number of nitrogens with zero attached hydrogens (tertiary/aromatic N) is 4. The van der Waals surface area contributed by atoms with Gasteiger partial charge in [0.15, 0.2) is 12.4 Å². The van der Waals surface area contributed by atoms with Gasteiger partial charge >= 0.3 is 0 Å². The second-order valence-electron chi connectivity index (χ2n) is 8.59. The number of benzene rings is 2. The Morgan fingerprint density at radius 3 is 2.49 bits per heavy atom. The Hall–Kier alpha value is -3.66. The third-order valence-electron chi connectivity index (χ3n) is 6.20. The molecule has 1 amide bonds. The second kappa shape index (κ2) is 11.6. The quantitative estimate of drug-likeness (QED) is 0.381. The number of thioether (sulfide) groups is 1. The van der Waals surface area contributed by atoms with Crippen molar-refractivity contribution in [1.82, 2.24) is 19.7 Å². The van der Waals surface area contributed by atoms with Gasteiger partial charge in [-0.15, -0.1) is 5.10 Å². The lowest BCUT2D eigenvalue weighted by Gasteiger charge is -2.28. The standard InChI is InChI=1S/C27H30FN5O3S/c1-5-32(6-2)23(35)15-36-21-13-11-19(12-14-21)25-24(18(4)34)17(3)29-26-30-27(31-33(25)26)37-16-20-9-7-8-10-22(20)28/h7-14,25H,5-6,15-16H2,1-4H3,(H,29,30,31). The van der Waals surface area contributed by atoms with Crippen LogP contribution in [-0.4, -0.2) is 51.1 Å². The summed E-state index contributed by atoms with van der Waals surface area (Å²) in [4.78, 5) is 31.2. The number of hydrogen-bond donors (Lipinski definition) is 1. The SMILES string of the molecule is CCN(CC)C(=O)COc1ccc(C2C(C(C)=O)=C(C)Nc3nc(SCc4ccccc4F)nn32)cc1. The molecule has 0 radical (unpaired) electrons. The Balaban J connectivity index is 1.56. The van der Waals surface area contributed by atoms with Gasteiger partial charge in [-0.1, -0.05) is 42.1 Å². The van der Waals surface area contributed by atoms with E-state index >= 15 is 0 Å². The highest BCUT2D eigenvalue weighted by Crippen LogP contribution is 2.37. The predicted molar refractivity (Wildman–Crippen MR) is 141 cm³/mol. The van der Waals surface area contributed by atoms with E-state index in [0.717, 1.165) is 5.56 Å². The van der Waals surface area contributed by atoms with Crippen LogP contribution in [0.4, 0.5) is 10.3 Å². The summed E-state index contributed by atoms with van der Waals surface area (Å²) in [6, 6.07) is 13.4. The van der Waals surface area contributed by atoms with Gasteiger partial charge in [-0.3, -0.25) is 9.59 Å². The maximum Gasteiger partial charge on any atom is 0.260 e. The first-order chi connectivity index (χ1) is 17.8. The maximum atomic E-state index is 14.1. The van der Waals surface area contributed by atoms with Crippen molar-refractivity contribution in [3.63, 3.8) is 0 Å². The summed E-state index contributed by atoms with van der Waals surface area (Å²) < 4.78 is 21.4. The van der Waals surface area contributed by atoms with E-state index in [1.165, 1.54) is 24.8 Å². The molecule has 10 heteroatoms. The average molecular weight is 524 g/mol. The van der Waals surface area contributed by atoms with Crippen molar-refractivity contribution in [2.45, 2.75) is 44.6 Å². The van der Waals surface area contributed by atoms with Crippen LogP contribution in [0.5, 0.6) is 5.75 Å². The van der Waals surface area contributed by atoms with Crippen LogP contribution in [0.2, 0.25) is 0 Å². The molecule has 0 fully saturated rings.